The van der Waals surface area contributed by atoms with Crippen molar-refractivity contribution in [3.05, 3.63) is 48.8 Å². The van der Waals surface area contributed by atoms with E-state index in [0.717, 1.165) is 0 Å². The van der Waals surface area contributed by atoms with Crippen molar-refractivity contribution in [1.29, 1.82) is 0 Å². The van der Waals surface area contributed by atoms with Crippen molar-refractivity contribution in [2.24, 2.45) is 0 Å². The molecular formula is C11H11FN2O. The molecule has 0 spiro atoms. The van der Waals surface area contributed by atoms with Gasteiger partial charge in [-0.15, -0.1) is 0 Å². The van der Waals surface area contributed by atoms with Crippen LogP contribution in [-0.2, 0) is 6.54 Å². The number of aromatic nitrogens is 2. The van der Waals surface area contributed by atoms with Crippen molar-refractivity contribution in [3.63, 3.8) is 0 Å². The zero-order chi connectivity index (χ0) is 10.5. The summed E-state index contributed by atoms with van der Waals surface area (Å²) in [6.45, 7) is 1.09. The van der Waals surface area contributed by atoms with Crippen LogP contribution in [0.3, 0.4) is 0 Å². The molecule has 0 bridgehead atoms. The highest BCUT2D eigenvalue weighted by molar-refractivity contribution is 5.23. The van der Waals surface area contributed by atoms with Gasteiger partial charge in [-0.2, -0.15) is 0 Å². The number of imidazole rings is 1. The molecule has 2 aromatic rings. The normalized spacial score (nSPS) is 10.2. The van der Waals surface area contributed by atoms with Crippen LogP contribution in [0.4, 0.5) is 4.39 Å². The lowest BCUT2D eigenvalue weighted by Gasteiger charge is -2.06. The van der Waals surface area contributed by atoms with Crippen LogP contribution < -0.4 is 4.74 Å². The minimum Gasteiger partial charge on any atom is -0.489 e. The molecule has 78 valence electrons. The van der Waals surface area contributed by atoms with Crippen LogP contribution in [0.5, 0.6) is 5.75 Å². The van der Waals surface area contributed by atoms with Gasteiger partial charge in [-0.05, 0) is 12.1 Å². The molecule has 0 fully saturated rings. The van der Waals surface area contributed by atoms with Gasteiger partial charge in [0, 0.05) is 12.4 Å². The maximum absolute atomic E-state index is 13.1. The third-order valence-electron chi connectivity index (χ3n) is 2.00. The van der Waals surface area contributed by atoms with E-state index in [4.69, 9.17) is 4.74 Å². The van der Waals surface area contributed by atoms with E-state index < -0.39 is 0 Å². The number of benzene rings is 1. The molecule has 0 atom stereocenters. The van der Waals surface area contributed by atoms with Gasteiger partial charge in [0.15, 0.2) is 11.6 Å². The van der Waals surface area contributed by atoms with Crippen LogP contribution in [0, 0.1) is 5.82 Å². The Morgan fingerprint density at radius 1 is 1.33 bits per heavy atom. The Kier molecular flexibility index (Phi) is 2.97. The first-order valence-electron chi connectivity index (χ1n) is 4.69. The van der Waals surface area contributed by atoms with E-state index >= 15 is 0 Å². The lowest BCUT2D eigenvalue weighted by atomic mass is 10.3. The molecule has 0 saturated carbocycles. The monoisotopic (exact) mass is 206 g/mol. The van der Waals surface area contributed by atoms with Crippen LogP contribution in [0.15, 0.2) is 43.0 Å². The SMILES string of the molecule is Fc1ccccc1OCCn1ccnc1. The summed E-state index contributed by atoms with van der Waals surface area (Å²) < 4.78 is 20.3. The first-order chi connectivity index (χ1) is 7.36. The number of nitrogens with zero attached hydrogens (tertiary/aromatic N) is 2. The van der Waals surface area contributed by atoms with Crippen LogP contribution in [0.1, 0.15) is 0 Å². The van der Waals surface area contributed by atoms with E-state index in [0.29, 0.717) is 13.2 Å². The van der Waals surface area contributed by atoms with Gasteiger partial charge < -0.3 is 9.30 Å². The van der Waals surface area contributed by atoms with Crippen LogP contribution in [0.25, 0.3) is 0 Å². The van der Waals surface area contributed by atoms with Crippen molar-refractivity contribution >= 4 is 0 Å². The summed E-state index contributed by atoms with van der Waals surface area (Å²) in [6, 6.07) is 6.38. The van der Waals surface area contributed by atoms with E-state index in [-0.39, 0.29) is 11.6 Å². The minimum absolute atomic E-state index is 0.289. The molecule has 0 saturated heterocycles. The van der Waals surface area contributed by atoms with Crippen molar-refractivity contribution < 1.29 is 9.13 Å². The fraction of sp³-hybridized carbons (Fsp3) is 0.182. The third kappa shape index (κ3) is 2.56. The van der Waals surface area contributed by atoms with Gasteiger partial charge in [0.05, 0.1) is 12.9 Å². The maximum atomic E-state index is 13.1. The average Bonchev–Trinajstić information content (AvgIpc) is 2.74. The molecule has 0 aliphatic heterocycles. The van der Waals surface area contributed by atoms with Crippen molar-refractivity contribution in [1.82, 2.24) is 9.55 Å². The second-order valence-electron chi connectivity index (χ2n) is 3.08. The van der Waals surface area contributed by atoms with Crippen molar-refractivity contribution in [2.75, 3.05) is 6.61 Å². The highest BCUT2D eigenvalue weighted by Gasteiger charge is 2.00. The maximum Gasteiger partial charge on any atom is 0.165 e. The number of ether oxygens (including phenoxy) is 1. The van der Waals surface area contributed by atoms with Gasteiger partial charge in [-0.25, -0.2) is 9.37 Å². The molecule has 0 aliphatic carbocycles. The Bertz CT molecular complexity index is 414. The summed E-state index contributed by atoms with van der Waals surface area (Å²) in [7, 11) is 0. The summed E-state index contributed by atoms with van der Waals surface area (Å²) in [4.78, 5) is 3.90. The Balaban J connectivity index is 1.86. The Morgan fingerprint density at radius 2 is 2.20 bits per heavy atom. The predicted octanol–water partition coefficient (Wildman–Crippen LogP) is 2.10. The molecule has 0 N–H and O–H groups in total. The summed E-state index contributed by atoms with van der Waals surface area (Å²) in [5.74, 6) is -0.0410. The van der Waals surface area contributed by atoms with Gasteiger partial charge in [-0.1, -0.05) is 12.1 Å². The van der Waals surface area contributed by atoms with E-state index in [2.05, 4.69) is 4.98 Å². The van der Waals surface area contributed by atoms with Crippen LogP contribution >= 0.6 is 0 Å². The first-order valence-corrected chi connectivity index (χ1v) is 4.69. The fourth-order valence-electron chi connectivity index (χ4n) is 1.24. The van der Waals surface area contributed by atoms with E-state index in [1.54, 1.807) is 30.7 Å². The second kappa shape index (κ2) is 4.59. The lowest BCUT2D eigenvalue weighted by molar-refractivity contribution is 0.284. The standard InChI is InChI=1S/C11H11FN2O/c12-10-3-1-2-4-11(10)15-8-7-14-6-5-13-9-14/h1-6,9H,7-8H2. The molecule has 1 aromatic heterocycles. The second-order valence-corrected chi connectivity index (χ2v) is 3.08. The molecule has 1 heterocycles. The molecule has 0 aliphatic rings. The highest BCUT2D eigenvalue weighted by atomic mass is 19.1. The zero-order valence-corrected chi connectivity index (χ0v) is 8.14. The third-order valence-corrected chi connectivity index (χ3v) is 2.00. The zero-order valence-electron chi connectivity index (χ0n) is 8.14. The Hall–Kier alpha value is -1.84. The molecule has 1 aromatic carbocycles. The molecule has 2 rings (SSSR count). The highest BCUT2D eigenvalue weighted by Crippen LogP contribution is 2.14. The molecule has 3 nitrogen and oxygen atoms in total. The Morgan fingerprint density at radius 3 is 2.93 bits per heavy atom. The Labute approximate surface area is 87.1 Å². The smallest absolute Gasteiger partial charge is 0.165 e. The summed E-state index contributed by atoms with van der Waals surface area (Å²) in [5, 5.41) is 0. The van der Waals surface area contributed by atoms with Gasteiger partial charge in [0.1, 0.15) is 6.61 Å². The lowest BCUT2D eigenvalue weighted by Crippen LogP contribution is -2.07. The van der Waals surface area contributed by atoms with Crippen LogP contribution in [0.2, 0.25) is 0 Å². The fourth-order valence-corrected chi connectivity index (χ4v) is 1.24. The molecular weight excluding hydrogens is 195 g/mol. The predicted molar refractivity (Wildman–Crippen MR) is 54.1 cm³/mol. The van der Waals surface area contributed by atoms with Gasteiger partial charge in [0.2, 0.25) is 0 Å². The number of hydrogen-bond donors (Lipinski definition) is 0. The van der Waals surface area contributed by atoms with E-state index in [1.165, 1.54) is 6.07 Å². The van der Waals surface area contributed by atoms with Crippen molar-refractivity contribution in [2.45, 2.75) is 6.54 Å². The average molecular weight is 206 g/mol. The summed E-state index contributed by atoms with van der Waals surface area (Å²) in [6.07, 6.45) is 5.23. The summed E-state index contributed by atoms with van der Waals surface area (Å²) >= 11 is 0. The molecule has 0 unspecified atom stereocenters. The molecule has 0 amide bonds. The minimum atomic E-state index is -0.330. The van der Waals surface area contributed by atoms with Crippen molar-refractivity contribution in [3.8, 4) is 5.75 Å². The van der Waals surface area contributed by atoms with E-state index in [1.807, 2.05) is 10.8 Å². The molecule has 15 heavy (non-hydrogen) atoms. The molecule has 4 heteroatoms. The van der Waals surface area contributed by atoms with Gasteiger partial charge in [0.25, 0.3) is 0 Å². The number of para-hydroxylation sites is 1. The number of hydrogen-bond acceptors (Lipinski definition) is 2. The van der Waals surface area contributed by atoms with Gasteiger partial charge >= 0.3 is 0 Å². The largest absolute Gasteiger partial charge is 0.489 e. The first kappa shape index (κ1) is 9.71. The number of rotatable bonds is 4. The number of halogens is 1. The molecule has 0 radical (unpaired) electrons. The van der Waals surface area contributed by atoms with Crippen LogP contribution in [-0.4, -0.2) is 16.2 Å². The van der Waals surface area contributed by atoms with Gasteiger partial charge in [-0.3, -0.25) is 0 Å². The van der Waals surface area contributed by atoms with E-state index in [9.17, 15) is 4.39 Å². The summed E-state index contributed by atoms with van der Waals surface area (Å²) in [5.41, 5.74) is 0. The quantitative estimate of drug-likeness (QED) is 0.766. The topological polar surface area (TPSA) is 27.1 Å².